The number of thioether (sulfide) groups is 1. The predicted molar refractivity (Wildman–Crippen MR) is 68.2 cm³/mol. The molecule has 1 N–H and O–H groups in total. The summed E-state index contributed by atoms with van der Waals surface area (Å²) in [4.78, 5) is 1.33. The van der Waals surface area contributed by atoms with Crippen molar-refractivity contribution >= 4 is 27.7 Å². The molecular weight excluding hydrogens is 258 g/mol. The van der Waals surface area contributed by atoms with E-state index in [1.807, 2.05) is 18.8 Å². The normalized spacial score (nSPS) is 10.5. The topological polar surface area (TPSA) is 12.0 Å². The molecule has 1 aromatic rings. The Bertz CT molecular complexity index is 289. The van der Waals surface area contributed by atoms with Gasteiger partial charge in [0.2, 0.25) is 0 Å². The monoisotopic (exact) mass is 273 g/mol. The summed E-state index contributed by atoms with van der Waals surface area (Å²) in [6.45, 7) is 3.21. The second-order valence-electron chi connectivity index (χ2n) is 3.05. The molecule has 0 unspecified atom stereocenters. The van der Waals surface area contributed by atoms with E-state index in [0.717, 1.165) is 18.7 Å². The molecule has 0 amide bonds. The van der Waals surface area contributed by atoms with Crippen molar-refractivity contribution in [3.8, 4) is 0 Å². The van der Waals surface area contributed by atoms with E-state index in [4.69, 9.17) is 0 Å². The molecule has 1 rings (SSSR count). The molecule has 14 heavy (non-hydrogen) atoms. The van der Waals surface area contributed by atoms with Crippen LogP contribution in [0.1, 0.15) is 12.5 Å². The van der Waals surface area contributed by atoms with Gasteiger partial charge in [0, 0.05) is 9.37 Å². The summed E-state index contributed by atoms with van der Waals surface area (Å²) in [7, 11) is 1.98. The van der Waals surface area contributed by atoms with Crippen molar-refractivity contribution in [3.63, 3.8) is 0 Å². The minimum Gasteiger partial charge on any atom is -0.319 e. The van der Waals surface area contributed by atoms with Gasteiger partial charge in [-0.15, -0.1) is 11.8 Å². The van der Waals surface area contributed by atoms with Gasteiger partial charge in [-0.1, -0.05) is 13.0 Å². The molecule has 0 aliphatic heterocycles. The lowest BCUT2D eigenvalue weighted by Crippen LogP contribution is -2.10. The summed E-state index contributed by atoms with van der Waals surface area (Å²) in [5.74, 6) is 1.12. The highest BCUT2D eigenvalue weighted by Crippen LogP contribution is 2.28. The first-order valence-electron chi connectivity index (χ1n) is 4.83. The summed E-state index contributed by atoms with van der Waals surface area (Å²) < 4.78 is 1.22. The Labute approximate surface area is 98.8 Å². The number of hydrogen-bond acceptors (Lipinski definition) is 2. The van der Waals surface area contributed by atoms with Crippen LogP contribution in [0.2, 0.25) is 0 Å². The molecule has 0 bridgehead atoms. The van der Waals surface area contributed by atoms with Gasteiger partial charge in [0.05, 0.1) is 0 Å². The Morgan fingerprint density at radius 1 is 1.43 bits per heavy atom. The fourth-order valence-corrected chi connectivity index (χ4v) is 2.68. The van der Waals surface area contributed by atoms with Gasteiger partial charge in [-0.2, -0.15) is 0 Å². The second-order valence-corrected chi connectivity index (χ2v) is 5.21. The van der Waals surface area contributed by atoms with E-state index < -0.39 is 0 Å². The fraction of sp³-hybridized carbons (Fsp3) is 0.455. The molecule has 0 atom stereocenters. The first-order chi connectivity index (χ1) is 6.77. The predicted octanol–water partition coefficient (Wildman–Crippen LogP) is 3.32. The van der Waals surface area contributed by atoms with Gasteiger partial charge >= 0.3 is 0 Å². The van der Waals surface area contributed by atoms with Gasteiger partial charge in [0.1, 0.15) is 0 Å². The highest BCUT2D eigenvalue weighted by Gasteiger charge is 2.00. The maximum absolute atomic E-state index is 3.60. The van der Waals surface area contributed by atoms with Crippen LogP contribution in [-0.4, -0.2) is 19.3 Å². The van der Waals surface area contributed by atoms with E-state index in [0.29, 0.717) is 0 Å². The molecule has 0 heterocycles. The van der Waals surface area contributed by atoms with Gasteiger partial charge in [0.25, 0.3) is 0 Å². The Hall–Kier alpha value is 0.01000. The molecule has 0 saturated carbocycles. The Balaban J connectivity index is 2.68. The van der Waals surface area contributed by atoms with E-state index in [2.05, 4.69) is 46.4 Å². The molecule has 0 spiro atoms. The van der Waals surface area contributed by atoms with Gasteiger partial charge in [0.15, 0.2) is 0 Å². The smallest absolute Gasteiger partial charge is 0.0313 e. The van der Waals surface area contributed by atoms with Crippen molar-refractivity contribution in [3.05, 3.63) is 28.2 Å². The zero-order chi connectivity index (χ0) is 10.4. The van der Waals surface area contributed by atoms with Crippen LogP contribution in [0.15, 0.2) is 27.6 Å². The number of likely N-dealkylation sites (N-methyl/N-ethyl adjacent to an activating group) is 1. The number of halogens is 1. The van der Waals surface area contributed by atoms with Crippen LogP contribution in [0, 0.1) is 0 Å². The highest BCUT2D eigenvalue weighted by atomic mass is 79.9. The van der Waals surface area contributed by atoms with Gasteiger partial charge in [-0.25, -0.2) is 0 Å². The minimum atomic E-state index is 1.03. The third-order valence-electron chi connectivity index (χ3n) is 1.96. The summed E-state index contributed by atoms with van der Waals surface area (Å²) in [6.07, 6.45) is 1.09. The van der Waals surface area contributed by atoms with E-state index >= 15 is 0 Å². The fourth-order valence-electron chi connectivity index (χ4n) is 1.24. The van der Waals surface area contributed by atoms with Crippen molar-refractivity contribution in [1.82, 2.24) is 5.32 Å². The first kappa shape index (κ1) is 12.1. The van der Waals surface area contributed by atoms with Crippen molar-refractivity contribution in [2.45, 2.75) is 18.2 Å². The zero-order valence-electron chi connectivity index (χ0n) is 8.64. The average Bonchev–Trinajstić information content (AvgIpc) is 2.19. The molecule has 0 aromatic heterocycles. The van der Waals surface area contributed by atoms with Crippen LogP contribution in [0.25, 0.3) is 0 Å². The van der Waals surface area contributed by atoms with E-state index in [1.165, 1.54) is 14.9 Å². The Morgan fingerprint density at radius 2 is 2.21 bits per heavy atom. The molecule has 0 aliphatic rings. The molecule has 0 fully saturated rings. The van der Waals surface area contributed by atoms with Crippen LogP contribution < -0.4 is 5.32 Å². The first-order valence-corrected chi connectivity index (χ1v) is 6.61. The largest absolute Gasteiger partial charge is 0.319 e. The quantitative estimate of drug-likeness (QED) is 0.827. The van der Waals surface area contributed by atoms with Crippen LogP contribution in [0.4, 0.5) is 0 Å². The van der Waals surface area contributed by atoms with E-state index in [1.54, 1.807) is 0 Å². The van der Waals surface area contributed by atoms with Crippen LogP contribution in [0.3, 0.4) is 0 Å². The molecule has 1 nitrogen and oxygen atoms in total. The Morgan fingerprint density at radius 3 is 2.79 bits per heavy atom. The molecule has 1 aromatic carbocycles. The van der Waals surface area contributed by atoms with Crippen molar-refractivity contribution in [2.24, 2.45) is 0 Å². The minimum absolute atomic E-state index is 1.03. The zero-order valence-corrected chi connectivity index (χ0v) is 11.0. The standard InChI is InChI=1S/C11H16BrNS/c1-3-14-11-5-4-9(6-7-13-2)8-10(11)12/h4-5,8,13H,3,6-7H2,1-2H3. The SMILES string of the molecule is CCSc1ccc(CCNC)cc1Br. The molecule has 0 aliphatic carbocycles. The van der Waals surface area contributed by atoms with E-state index in [-0.39, 0.29) is 0 Å². The Kier molecular flexibility index (Phi) is 5.60. The molecule has 78 valence electrons. The summed E-state index contributed by atoms with van der Waals surface area (Å²) in [5.41, 5.74) is 1.38. The molecule has 0 radical (unpaired) electrons. The lowest BCUT2D eigenvalue weighted by Gasteiger charge is -2.05. The summed E-state index contributed by atoms with van der Waals surface area (Å²) in [5, 5.41) is 3.15. The number of benzene rings is 1. The van der Waals surface area contributed by atoms with Crippen LogP contribution in [-0.2, 0) is 6.42 Å². The highest BCUT2D eigenvalue weighted by molar-refractivity contribution is 9.10. The van der Waals surface area contributed by atoms with Crippen molar-refractivity contribution < 1.29 is 0 Å². The van der Waals surface area contributed by atoms with Crippen LogP contribution >= 0.6 is 27.7 Å². The molecular formula is C11H16BrNS. The lowest BCUT2D eigenvalue weighted by atomic mass is 10.1. The maximum Gasteiger partial charge on any atom is 0.0313 e. The number of rotatable bonds is 5. The van der Waals surface area contributed by atoms with Gasteiger partial charge in [-0.3, -0.25) is 0 Å². The summed E-state index contributed by atoms with van der Waals surface area (Å²) in [6, 6.07) is 6.62. The molecule has 3 heteroatoms. The van der Waals surface area contributed by atoms with Crippen molar-refractivity contribution in [2.75, 3.05) is 19.3 Å². The van der Waals surface area contributed by atoms with Crippen molar-refractivity contribution in [1.29, 1.82) is 0 Å². The number of nitrogens with one attached hydrogen (secondary N) is 1. The third kappa shape index (κ3) is 3.64. The van der Waals surface area contributed by atoms with Crippen LogP contribution in [0.5, 0.6) is 0 Å². The average molecular weight is 274 g/mol. The van der Waals surface area contributed by atoms with Gasteiger partial charge < -0.3 is 5.32 Å². The second kappa shape index (κ2) is 6.49. The maximum atomic E-state index is 3.60. The molecule has 0 saturated heterocycles. The number of hydrogen-bond donors (Lipinski definition) is 1. The lowest BCUT2D eigenvalue weighted by molar-refractivity contribution is 0.791. The van der Waals surface area contributed by atoms with E-state index in [9.17, 15) is 0 Å². The summed E-state index contributed by atoms with van der Waals surface area (Å²) >= 11 is 5.47. The third-order valence-corrected chi connectivity index (χ3v) is 3.83. The van der Waals surface area contributed by atoms with Gasteiger partial charge in [-0.05, 0) is 59.4 Å².